The number of nitrogens with zero attached hydrogens (tertiary/aromatic N) is 1. The zero-order chi connectivity index (χ0) is 24.0. The minimum Gasteiger partial charge on any atom is -0.423 e. The van der Waals surface area contributed by atoms with Crippen molar-refractivity contribution in [2.75, 3.05) is 4.90 Å². The number of benzene rings is 2. The lowest BCUT2D eigenvalue weighted by atomic mass is 9.63. The number of fused-ring (bicyclic) bond motifs is 1. The number of carbonyl (C=O) groups is 3. The molecule has 0 N–H and O–H groups in total. The lowest BCUT2D eigenvalue weighted by Gasteiger charge is -2.37. The van der Waals surface area contributed by atoms with Crippen molar-refractivity contribution < 1.29 is 23.5 Å². The Labute approximate surface area is 200 Å². The van der Waals surface area contributed by atoms with Crippen molar-refractivity contribution in [3.63, 3.8) is 0 Å². The molecule has 7 heteroatoms. The molecule has 35 heavy (non-hydrogen) atoms. The predicted octanol–water partition coefficient (Wildman–Crippen LogP) is 3.88. The first kappa shape index (κ1) is 20.4. The molecular formula is C28H21NO6. The number of hydrogen-bond acceptors (Lipinski definition) is 6. The third-order valence-electron chi connectivity index (χ3n) is 8.13. The molecule has 2 bridgehead atoms. The topological polar surface area (TPSA) is 93.9 Å². The van der Waals surface area contributed by atoms with E-state index in [0.717, 1.165) is 17.4 Å². The zero-order valence-electron chi connectivity index (χ0n) is 18.8. The molecule has 7 nitrogen and oxygen atoms in total. The highest BCUT2D eigenvalue weighted by molar-refractivity contribution is 6.23. The number of aryl methyl sites for hydroxylation is 1. The van der Waals surface area contributed by atoms with Crippen molar-refractivity contribution in [2.45, 2.75) is 13.3 Å². The Kier molecular flexibility index (Phi) is 4.08. The van der Waals surface area contributed by atoms with Crippen LogP contribution >= 0.6 is 0 Å². The first-order valence-corrected chi connectivity index (χ1v) is 11.8. The monoisotopic (exact) mass is 467 g/mol. The van der Waals surface area contributed by atoms with E-state index in [2.05, 4.69) is 12.2 Å². The minimum absolute atomic E-state index is 0.140. The van der Waals surface area contributed by atoms with Gasteiger partial charge in [0, 0.05) is 17.5 Å². The number of esters is 1. The molecule has 8 rings (SSSR count). The van der Waals surface area contributed by atoms with Crippen LogP contribution in [0.25, 0.3) is 11.0 Å². The molecule has 0 unspecified atom stereocenters. The summed E-state index contributed by atoms with van der Waals surface area (Å²) in [5.41, 5.74) is 1.23. The number of anilines is 1. The van der Waals surface area contributed by atoms with Crippen molar-refractivity contribution in [3.05, 3.63) is 82.2 Å². The molecule has 2 amide bonds. The van der Waals surface area contributed by atoms with Crippen LogP contribution < -0.4 is 15.3 Å². The predicted molar refractivity (Wildman–Crippen MR) is 126 cm³/mol. The Balaban J connectivity index is 1.17. The number of ether oxygens (including phenoxy) is 1. The van der Waals surface area contributed by atoms with Crippen LogP contribution in [0.4, 0.5) is 5.69 Å². The third kappa shape index (κ3) is 2.90. The normalized spacial score (nSPS) is 29.9. The average molecular weight is 467 g/mol. The van der Waals surface area contributed by atoms with Gasteiger partial charge in [-0.25, -0.2) is 14.5 Å². The van der Waals surface area contributed by atoms with Crippen LogP contribution in [0.2, 0.25) is 0 Å². The van der Waals surface area contributed by atoms with Gasteiger partial charge in [0.2, 0.25) is 11.8 Å². The Hall–Kier alpha value is -4.00. The summed E-state index contributed by atoms with van der Waals surface area (Å²) in [6.07, 6.45) is 5.38. The first-order chi connectivity index (χ1) is 16.9. The van der Waals surface area contributed by atoms with Gasteiger partial charge in [-0.3, -0.25) is 9.59 Å². The smallest absolute Gasteiger partial charge is 0.343 e. The molecule has 1 aliphatic heterocycles. The summed E-state index contributed by atoms with van der Waals surface area (Å²) in [5, 5.41) is 0.750. The largest absolute Gasteiger partial charge is 0.423 e. The third-order valence-corrected chi connectivity index (χ3v) is 8.13. The van der Waals surface area contributed by atoms with E-state index < -0.39 is 11.6 Å². The summed E-state index contributed by atoms with van der Waals surface area (Å²) in [7, 11) is 0. The van der Waals surface area contributed by atoms with E-state index in [4.69, 9.17) is 9.15 Å². The molecule has 6 atom stereocenters. The number of allylic oxidation sites excluding steroid dienone is 2. The van der Waals surface area contributed by atoms with Crippen LogP contribution in [0.3, 0.4) is 0 Å². The van der Waals surface area contributed by atoms with Crippen LogP contribution in [-0.4, -0.2) is 17.8 Å². The Morgan fingerprint density at radius 2 is 1.66 bits per heavy atom. The van der Waals surface area contributed by atoms with Crippen molar-refractivity contribution in [1.82, 2.24) is 0 Å². The van der Waals surface area contributed by atoms with E-state index in [1.54, 1.807) is 30.3 Å². The second kappa shape index (κ2) is 7.01. The van der Waals surface area contributed by atoms with Gasteiger partial charge in [-0.05, 0) is 72.9 Å². The first-order valence-electron chi connectivity index (χ1n) is 11.8. The summed E-state index contributed by atoms with van der Waals surface area (Å²) in [6.45, 7) is 1.83. The minimum atomic E-state index is -0.636. The lowest BCUT2D eigenvalue weighted by molar-refractivity contribution is -0.124. The molecule has 2 aromatic carbocycles. The van der Waals surface area contributed by atoms with E-state index in [9.17, 15) is 19.2 Å². The highest BCUT2D eigenvalue weighted by Gasteiger charge is 2.67. The molecular weight excluding hydrogens is 446 g/mol. The fraction of sp³-hybridized carbons (Fsp3) is 0.286. The quantitative estimate of drug-likeness (QED) is 0.191. The maximum atomic E-state index is 13.4. The van der Waals surface area contributed by atoms with Gasteiger partial charge in [-0.2, -0.15) is 0 Å². The van der Waals surface area contributed by atoms with Crippen molar-refractivity contribution in [1.29, 1.82) is 0 Å². The van der Waals surface area contributed by atoms with Crippen LogP contribution in [0.15, 0.2) is 69.9 Å². The zero-order valence-corrected chi connectivity index (χ0v) is 18.8. The number of amides is 2. The molecule has 2 saturated carbocycles. The highest BCUT2D eigenvalue weighted by Crippen LogP contribution is 2.65. The van der Waals surface area contributed by atoms with E-state index in [1.165, 1.54) is 23.1 Å². The number of hydrogen-bond donors (Lipinski definition) is 0. The van der Waals surface area contributed by atoms with Gasteiger partial charge in [0.05, 0.1) is 23.1 Å². The van der Waals surface area contributed by atoms with Gasteiger partial charge in [0.15, 0.2) is 0 Å². The molecule has 3 fully saturated rings. The molecule has 1 saturated heterocycles. The van der Waals surface area contributed by atoms with E-state index in [1.807, 2.05) is 6.92 Å². The van der Waals surface area contributed by atoms with E-state index in [0.29, 0.717) is 23.1 Å². The van der Waals surface area contributed by atoms with Gasteiger partial charge in [-0.1, -0.05) is 18.2 Å². The van der Waals surface area contributed by atoms with Crippen LogP contribution in [0.1, 0.15) is 22.3 Å². The molecule has 0 radical (unpaired) electrons. The average Bonchev–Trinajstić information content (AvgIpc) is 3.62. The molecule has 4 aliphatic carbocycles. The van der Waals surface area contributed by atoms with Crippen molar-refractivity contribution >= 4 is 34.4 Å². The molecule has 2 heterocycles. The molecule has 174 valence electrons. The molecule has 3 aromatic rings. The second-order valence-corrected chi connectivity index (χ2v) is 10.0. The summed E-state index contributed by atoms with van der Waals surface area (Å²) in [6, 6.07) is 12.6. The molecule has 5 aliphatic rings. The summed E-state index contributed by atoms with van der Waals surface area (Å²) < 4.78 is 10.8. The number of carbonyl (C=O) groups excluding carboxylic acids is 3. The molecule has 1 aromatic heterocycles. The maximum absolute atomic E-state index is 13.4. The van der Waals surface area contributed by atoms with Gasteiger partial charge in [0.1, 0.15) is 11.3 Å². The fourth-order valence-corrected chi connectivity index (χ4v) is 6.53. The Morgan fingerprint density at radius 3 is 2.37 bits per heavy atom. The van der Waals surface area contributed by atoms with Gasteiger partial charge < -0.3 is 9.15 Å². The molecule has 0 spiro atoms. The van der Waals surface area contributed by atoms with Crippen molar-refractivity contribution in [2.24, 2.45) is 35.5 Å². The van der Waals surface area contributed by atoms with Crippen LogP contribution in [-0.2, 0) is 9.59 Å². The van der Waals surface area contributed by atoms with Crippen molar-refractivity contribution in [3.8, 4) is 5.75 Å². The van der Waals surface area contributed by atoms with Gasteiger partial charge in [-0.15, -0.1) is 0 Å². The number of rotatable bonds is 3. The summed E-state index contributed by atoms with van der Waals surface area (Å²) >= 11 is 0. The summed E-state index contributed by atoms with van der Waals surface area (Å²) in [5.74, 6) is -0.00546. The van der Waals surface area contributed by atoms with E-state index in [-0.39, 0.29) is 46.8 Å². The maximum Gasteiger partial charge on any atom is 0.343 e. The van der Waals surface area contributed by atoms with E-state index >= 15 is 0 Å². The lowest BCUT2D eigenvalue weighted by Crippen LogP contribution is -2.40. The van der Waals surface area contributed by atoms with Gasteiger partial charge in [0.25, 0.3) is 0 Å². The standard InChI is InChI=1S/C28H21NO6/c1-13-9-16(11-22-17(13)7-8-23(30)35-22)34-28(33)14-3-2-4-15(10-14)29-26(31)24-18-5-6-19(21-12-20(18)21)25(24)27(29)32/h2-11,18-21,24-25H,12H2,1H3/t18-,19-,20-,21-,24-,25+/m1/s1. The van der Waals surface area contributed by atoms with Gasteiger partial charge >= 0.3 is 11.6 Å². The van der Waals surface area contributed by atoms with Crippen LogP contribution in [0, 0.1) is 42.4 Å². The Morgan fingerprint density at radius 1 is 0.943 bits per heavy atom. The highest BCUT2D eigenvalue weighted by atomic mass is 16.5. The number of imide groups is 1. The SMILES string of the molecule is Cc1cc(OC(=O)c2cccc(N3C(=O)[C@@H]4[C@@H]5C=C[C@H]([C@H]6C[C@H]56)[C@@H]4C3=O)c2)cc2oc(=O)ccc12. The van der Waals surface area contributed by atoms with Crippen LogP contribution in [0.5, 0.6) is 5.75 Å². The Bertz CT molecular complexity index is 1510. The fourth-order valence-electron chi connectivity index (χ4n) is 6.53. The second-order valence-electron chi connectivity index (χ2n) is 10.0. The summed E-state index contributed by atoms with van der Waals surface area (Å²) in [4.78, 5) is 52.6.